The van der Waals surface area contributed by atoms with Gasteiger partial charge in [-0.3, -0.25) is 4.79 Å². The lowest BCUT2D eigenvalue weighted by Gasteiger charge is -2.44. The number of ether oxygens (including phenoxy) is 1. The maximum absolute atomic E-state index is 12.5. The van der Waals surface area contributed by atoms with Gasteiger partial charge >= 0.3 is 5.97 Å². The Morgan fingerprint density at radius 1 is 1.33 bits per heavy atom. The van der Waals surface area contributed by atoms with Gasteiger partial charge in [0.1, 0.15) is 6.10 Å². The van der Waals surface area contributed by atoms with Gasteiger partial charge in [-0.15, -0.1) is 6.58 Å². The summed E-state index contributed by atoms with van der Waals surface area (Å²) in [6.45, 7) is 3.81. The van der Waals surface area contributed by atoms with Crippen LogP contribution in [-0.2, 0) is 9.53 Å². The Morgan fingerprint density at radius 3 is 2.88 bits per heavy atom. The van der Waals surface area contributed by atoms with Gasteiger partial charge in [0.15, 0.2) is 5.78 Å². The molecule has 2 aliphatic rings. The Hall–Kier alpha value is -2.42. The smallest absolute Gasteiger partial charge is 0.338 e. The van der Waals surface area contributed by atoms with Gasteiger partial charge in [-0.25, -0.2) is 4.79 Å². The highest BCUT2D eigenvalue weighted by atomic mass is 16.5. The summed E-state index contributed by atoms with van der Waals surface area (Å²) in [4.78, 5) is 24.3. The van der Waals surface area contributed by atoms with Gasteiger partial charge < -0.3 is 4.74 Å². The lowest BCUT2D eigenvalue weighted by Crippen LogP contribution is -2.43. The average molecular weight is 322 g/mol. The molecule has 3 nitrogen and oxygen atoms in total. The Labute approximate surface area is 142 Å². The third-order valence-corrected chi connectivity index (χ3v) is 4.97. The molecule has 3 heteroatoms. The third-order valence-electron chi connectivity index (χ3n) is 4.97. The molecule has 2 aliphatic carbocycles. The lowest BCUT2D eigenvalue weighted by atomic mass is 9.63. The van der Waals surface area contributed by atoms with Crippen LogP contribution in [0.4, 0.5) is 0 Å². The fourth-order valence-corrected chi connectivity index (χ4v) is 3.73. The highest BCUT2D eigenvalue weighted by Crippen LogP contribution is 2.49. The van der Waals surface area contributed by atoms with Crippen LogP contribution < -0.4 is 0 Å². The van der Waals surface area contributed by atoms with Gasteiger partial charge in [-0.1, -0.05) is 35.9 Å². The van der Waals surface area contributed by atoms with Crippen LogP contribution in [0.15, 0.2) is 66.8 Å². The summed E-state index contributed by atoms with van der Waals surface area (Å²) in [5, 5.41) is 0. The Morgan fingerprint density at radius 2 is 2.12 bits per heavy atom. The van der Waals surface area contributed by atoms with E-state index in [0.717, 1.165) is 37.7 Å². The molecule has 124 valence electrons. The van der Waals surface area contributed by atoms with Crippen molar-refractivity contribution in [2.24, 2.45) is 5.41 Å². The van der Waals surface area contributed by atoms with E-state index >= 15 is 0 Å². The van der Waals surface area contributed by atoms with Crippen molar-refractivity contribution in [1.29, 1.82) is 0 Å². The number of carbonyl (C=O) groups is 2. The van der Waals surface area contributed by atoms with Gasteiger partial charge in [-0.05, 0) is 56.4 Å². The molecule has 3 rings (SSSR count). The first-order valence-corrected chi connectivity index (χ1v) is 8.47. The van der Waals surface area contributed by atoms with Crippen molar-refractivity contribution in [3.8, 4) is 0 Å². The second kappa shape index (κ2) is 7.00. The second-order valence-corrected chi connectivity index (χ2v) is 6.43. The summed E-state index contributed by atoms with van der Waals surface area (Å²) in [6.07, 6.45) is 11.2. The molecule has 1 aromatic rings. The Bertz CT molecular complexity index is 699. The molecule has 0 heterocycles. The zero-order chi connectivity index (χ0) is 17.0. The van der Waals surface area contributed by atoms with Crippen molar-refractivity contribution in [3.05, 3.63) is 72.4 Å². The number of hydrogen-bond acceptors (Lipinski definition) is 3. The number of rotatable bonds is 5. The molecule has 0 spiro atoms. The molecule has 0 aromatic heterocycles. The van der Waals surface area contributed by atoms with Gasteiger partial charge in [0.2, 0.25) is 0 Å². The SMILES string of the molecule is C=CCC[C@]12C=CC(=O)C=C1CCC[C@@H]2OC(=O)c1ccccc1. The molecule has 0 radical (unpaired) electrons. The molecule has 2 atom stereocenters. The third kappa shape index (κ3) is 3.12. The van der Waals surface area contributed by atoms with Crippen LogP contribution in [0.3, 0.4) is 0 Å². The minimum absolute atomic E-state index is 0.0225. The number of allylic oxidation sites excluding steroid dienone is 3. The van der Waals surface area contributed by atoms with E-state index < -0.39 is 0 Å². The van der Waals surface area contributed by atoms with E-state index in [1.165, 1.54) is 0 Å². The van der Waals surface area contributed by atoms with E-state index in [1.807, 2.05) is 30.4 Å². The monoisotopic (exact) mass is 322 g/mol. The van der Waals surface area contributed by atoms with Gasteiger partial charge in [-0.2, -0.15) is 0 Å². The molecule has 1 aromatic carbocycles. The van der Waals surface area contributed by atoms with Crippen LogP contribution in [0.1, 0.15) is 42.5 Å². The summed E-state index contributed by atoms with van der Waals surface area (Å²) in [6, 6.07) is 9.06. The average Bonchev–Trinajstić information content (AvgIpc) is 2.61. The largest absolute Gasteiger partial charge is 0.458 e. The maximum Gasteiger partial charge on any atom is 0.338 e. The second-order valence-electron chi connectivity index (χ2n) is 6.43. The molecular formula is C21H22O3. The van der Waals surface area contributed by atoms with E-state index in [-0.39, 0.29) is 23.3 Å². The van der Waals surface area contributed by atoms with Crippen molar-refractivity contribution in [1.82, 2.24) is 0 Å². The van der Waals surface area contributed by atoms with Crippen molar-refractivity contribution < 1.29 is 14.3 Å². The summed E-state index contributed by atoms with van der Waals surface area (Å²) in [5.41, 5.74) is 1.28. The van der Waals surface area contributed by atoms with E-state index in [2.05, 4.69) is 6.58 Å². The first kappa shape index (κ1) is 16.4. The zero-order valence-electron chi connectivity index (χ0n) is 13.7. The van der Waals surface area contributed by atoms with Gasteiger partial charge in [0.05, 0.1) is 5.56 Å². The number of esters is 1. The summed E-state index contributed by atoms with van der Waals surface area (Å²) >= 11 is 0. The van der Waals surface area contributed by atoms with E-state index in [9.17, 15) is 9.59 Å². The Kier molecular flexibility index (Phi) is 4.79. The molecule has 0 N–H and O–H groups in total. The molecule has 0 amide bonds. The quantitative estimate of drug-likeness (QED) is 0.595. The van der Waals surface area contributed by atoms with E-state index in [4.69, 9.17) is 4.74 Å². The highest BCUT2D eigenvalue weighted by Gasteiger charge is 2.45. The molecule has 0 unspecified atom stereocenters. The number of fused-ring (bicyclic) bond motifs is 1. The normalized spacial score (nSPS) is 25.6. The minimum atomic E-state index is -0.370. The standard InChI is InChI=1S/C21H22O3/c1-2-3-13-21-14-12-18(22)15-17(21)10-7-11-19(21)24-20(23)16-8-5-4-6-9-16/h2,4-6,8-9,12,14-15,19H,1,3,7,10-11,13H2/t19-,21-/m0/s1. The summed E-state index contributed by atoms with van der Waals surface area (Å²) in [5.74, 6) is -0.278. The van der Waals surface area contributed by atoms with Crippen LogP contribution in [0.25, 0.3) is 0 Å². The molecule has 0 aliphatic heterocycles. The maximum atomic E-state index is 12.5. The van der Waals surface area contributed by atoms with E-state index in [0.29, 0.717) is 5.56 Å². The topological polar surface area (TPSA) is 43.4 Å². The molecule has 0 saturated heterocycles. The van der Waals surface area contributed by atoms with Gasteiger partial charge in [0, 0.05) is 5.41 Å². The van der Waals surface area contributed by atoms with Gasteiger partial charge in [0.25, 0.3) is 0 Å². The summed E-state index contributed by atoms with van der Waals surface area (Å²) < 4.78 is 5.91. The van der Waals surface area contributed by atoms with Crippen molar-refractivity contribution in [2.75, 3.05) is 0 Å². The molecule has 0 bridgehead atoms. The van der Waals surface area contributed by atoms with Crippen LogP contribution in [0, 0.1) is 5.41 Å². The minimum Gasteiger partial charge on any atom is -0.458 e. The molecule has 1 saturated carbocycles. The Balaban J connectivity index is 1.88. The van der Waals surface area contributed by atoms with Crippen LogP contribution in [0.2, 0.25) is 0 Å². The lowest BCUT2D eigenvalue weighted by molar-refractivity contribution is -0.110. The number of ketones is 1. The van der Waals surface area contributed by atoms with Crippen LogP contribution >= 0.6 is 0 Å². The highest BCUT2D eigenvalue weighted by molar-refractivity contribution is 6.01. The predicted octanol–water partition coefficient (Wildman–Crippen LogP) is 4.41. The van der Waals surface area contributed by atoms with Crippen LogP contribution in [-0.4, -0.2) is 17.9 Å². The first-order valence-electron chi connectivity index (χ1n) is 8.47. The first-order chi connectivity index (χ1) is 11.7. The molecular weight excluding hydrogens is 300 g/mol. The van der Waals surface area contributed by atoms with Crippen LogP contribution in [0.5, 0.6) is 0 Å². The number of benzene rings is 1. The fraction of sp³-hybridized carbons (Fsp3) is 0.333. The molecule has 1 fully saturated rings. The zero-order valence-corrected chi connectivity index (χ0v) is 13.7. The van der Waals surface area contributed by atoms with Crippen molar-refractivity contribution >= 4 is 11.8 Å². The number of carbonyl (C=O) groups excluding carboxylic acids is 2. The molecule has 24 heavy (non-hydrogen) atoms. The van der Waals surface area contributed by atoms with Crippen molar-refractivity contribution in [3.63, 3.8) is 0 Å². The predicted molar refractivity (Wildman–Crippen MR) is 93.6 cm³/mol. The number of hydrogen-bond donors (Lipinski definition) is 0. The summed E-state index contributed by atoms with van der Waals surface area (Å²) in [7, 11) is 0. The fourth-order valence-electron chi connectivity index (χ4n) is 3.73. The van der Waals surface area contributed by atoms with E-state index in [1.54, 1.807) is 24.3 Å². The van der Waals surface area contributed by atoms with Crippen molar-refractivity contribution in [2.45, 2.75) is 38.2 Å².